The Kier molecular flexibility index (Phi) is 5.42. The Labute approximate surface area is 135 Å². The minimum atomic E-state index is -1.06. The average molecular weight is 323 g/mol. The number of rotatable bonds is 5. The summed E-state index contributed by atoms with van der Waals surface area (Å²) in [6.07, 6.45) is 4.22. The summed E-state index contributed by atoms with van der Waals surface area (Å²) in [5.74, 6) is -1.50. The predicted molar refractivity (Wildman–Crippen MR) is 86.2 cm³/mol. The summed E-state index contributed by atoms with van der Waals surface area (Å²) in [5, 5.41) is 12.1. The highest BCUT2D eigenvalue weighted by Gasteiger charge is 2.43. The standard InChI is InChI=1S/C15H21N3O3S/c1-2-18-8-5-15(22,6-9-18)12(14(20)21)17-13(19)11-4-3-7-16-10-11/h3-4,7,10,12,22H,2,5-6,8-9H2,1H3,(H,17,19)(H,20,21). The summed E-state index contributed by atoms with van der Waals surface area (Å²) in [5.41, 5.74) is 0.344. The Morgan fingerprint density at radius 3 is 2.68 bits per heavy atom. The molecule has 1 saturated heterocycles. The fourth-order valence-electron chi connectivity index (χ4n) is 2.68. The molecule has 7 heteroatoms. The number of carboxylic acid groups (broad SMARTS) is 1. The number of nitrogens with zero attached hydrogens (tertiary/aromatic N) is 2. The van der Waals surface area contributed by atoms with Crippen molar-refractivity contribution in [1.29, 1.82) is 0 Å². The number of likely N-dealkylation sites (tertiary alicyclic amines) is 1. The summed E-state index contributed by atoms with van der Waals surface area (Å²) in [4.78, 5) is 30.0. The molecule has 1 fully saturated rings. The van der Waals surface area contributed by atoms with Gasteiger partial charge in [0.15, 0.2) is 0 Å². The van der Waals surface area contributed by atoms with Crippen LogP contribution in [0, 0.1) is 0 Å². The van der Waals surface area contributed by atoms with Gasteiger partial charge >= 0.3 is 5.97 Å². The van der Waals surface area contributed by atoms with E-state index in [1.165, 1.54) is 6.20 Å². The molecule has 1 unspecified atom stereocenters. The Hall–Kier alpha value is -1.60. The van der Waals surface area contributed by atoms with Crippen molar-refractivity contribution in [3.8, 4) is 0 Å². The van der Waals surface area contributed by atoms with Crippen LogP contribution in [0.3, 0.4) is 0 Å². The highest BCUT2D eigenvalue weighted by Crippen LogP contribution is 2.32. The number of pyridine rings is 1. The molecule has 2 heterocycles. The lowest BCUT2D eigenvalue weighted by molar-refractivity contribution is -0.140. The third-order valence-electron chi connectivity index (χ3n) is 4.15. The van der Waals surface area contributed by atoms with Gasteiger partial charge in [-0.1, -0.05) is 6.92 Å². The molecule has 120 valence electrons. The number of aliphatic carboxylic acids is 1. The molecule has 1 aliphatic heterocycles. The fourth-order valence-corrected chi connectivity index (χ4v) is 3.06. The van der Waals surface area contributed by atoms with Crippen LogP contribution < -0.4 is 5.32 Å². The summed E-state index contributed by atoms with van der Waals surface area (Å²) in [6, 6.07) is 2.22. The maximum absolute atomic E-state index is 12.2. The fraction of sp³-hybridized carbons (Fsp3) is 0.533. The van der Waals surface area contributed by atoms with Crippen molar-refractivity contribution in [2.45, 2.75) is 30.6 Å². The van der Waals surface area contributed by atoms with Crippen molar-refractivity contribution in [2.24, 2.45) is 0 Å². The van der Waals surface area contributed by atoms with Gasteiger partial charge in [-0.15, -0.1) is 0 Å². The number of hydrogen-bond acceptors (Lipinski definition) is 5. The van der Waals surface area contributed by atoms with Crippen LogP contribution in [0.25, 0.3) is 0 Å². The van der Waals surface area contributed by atoms with E-state index in [4.69, 9.17) is 0 Å². The number of nitrogens with one attached hydrogen (secondary N) is 1. The lowest BCUT2D eigenvalue weighted by atomic mass is 9.87. The van der Waals surface area contributed by atoms with E-state index in [-0.39, 0.29) is 0 Å². The lowest BCUT2D eigenvalue weighted by Crippen LogP contribution is -2.58. The summed E-state index contributed by atoms with van der Waals surface area (Å²) < 4.78 is -0.741. The van der Waals surface area contributed by atoms with E-state index in [0.717, 1.165) is 19.6 Å². The number of carbonyl (C=O) groups is 2. The molecular weight excluding hydrogens is 302 g/mol. The van der Waals surface area contributed by atoms with Crippen LogP contribution in [0.2, 0.25) is 0 Å². The Morgan fingerprint density at radius 1 is 1.50 bits per heavy atom. The molecule has 1 aliphatic rings. The monoisotopic (exact) mass is 323 g/mol. The van der Waals surface area contributed by atoms with Gasteiger partial charge in [0.25, 0.3) is 5.91 Å². The molecule has 1 atom stereocenters. The van der Waals surface area contributed by atoms with E-state index in [1.807, 2.05) is 0 Å². The van der Waals surface area contributed by atoms with Crippen LogP contribution in [0.15, 0.2) is 24.5 Å². The van der Waals surface area contributed by atoms with E-state index in [0.29, 0.717) is 18.4 Å². The Morgan fingerprint density at radius 2 is 2.18 bits per heavy atom. The second-order valence-corrected chi connectivity index (χ2v) is 6.41. The van der Waals surface area contributed by atoms with Gasteiger partial charge in [0.1, 0.15) is 6.04 Å². The van der Waals surface area contributed by atoms with Gasteiger partial charge in [0.2, 0.25) is 0 Å². The van der Waals surface area contributed by atoms with Crippen molar-refractivity contribution in [1.82, 2.24) is 15.2 Å². The highest BCUT2D eigenvalue weighted by molar-refractivity contribution is 7.82. The first kappa shape index (κ1) is 16.8. The van der Waals surface area contributed by atoms with E-state index in [2.05, 4.69) is 34.8 Å². The van der Waals surface area contributed by atoms with Crippen LogP contribution in [0.5, 0.6) is 0 Å². The van der Waals surface area contributed by atoms with Crippen LogP contribution in [-0.2, 0) is 4.79 Å². The van der Waals surface area contributed by atoms with Gasteiger partial charge in [0, 0.05) is 17.1 Å². The summed E-state index contributed by atoms with van der Waals surface area (Å²) >= 11 is 4.61. The number of amides is 1. The van der Waals surface area contributed by atoms with E-state index in [9.17, 15) is 14.7 Å². The molecule has 22 heavy (non-hydrogen) atoms. The number of hydrogen-bond donors (Lipinski definition) is 3. The largest absolute Gasteiger partial charge is 0.480 e. The second-order valence-electron chi connectivity index (χ2n) is 5.52. The average Bonchev–Trinajstić information content (AvgIpc) is 2.53. The minimum Gasteiger partial charge on any atom is -0.480 e. The van der Waals surface area contributed by atoms with Gasteiger partial charge in [-0.3, -0.25) is 9.78 Å². The zero-order valence-corrected chi connectivity index (χ0v) is 13.4. The smallest absolute Gasteiger partial charge is 0.327 e. The van der Waals surface area contributed by atoms with E-state index >= 15 is 0 Å². The summed E-state index contributed by atoms with van der Waals surface area (Å²) in [7, 11) is 0. The van der Waals surface area contributed by atoms with Crippen molar-refractivity contribution >= 4 is 24.5 Å². The molecule has 0 spiro atoms. The third-order valence-corrected chi connectivity index (χ3v) is 4.86. The first-order chi connectivity index (χ1) is 10.5. The van der Waals surface area contributed by atoms with E-state index < -0.39 is 22.7 Å². The Balaban J connectivity index is 2.10. The molecule has 0 radical (unpaired) electrons. The minimum absolute atomic E-state index is 0.344. The molecule has 1 amide bonds. The number of piperidine rings is 1. The van der Waals surface area contributed by atoms with Gasteiger partial charge < -0.3 is 15.3 Å². The molecule has 1 aromatic rings. The van der Waals surface area contributed by atoms with Crippen molar-refractivity contribution in [3.63, 3.8) is 0 Å². The Bertz CT molecular complexity index is 530. The number of carboxylic acids is 1. The molecule has 2 rings (SSSR count). The first-order valence-electron chi connectivity index (χ1n) is 7.34. The molecule has 2 N–H and O–H groups in total. The SMILES string of the molecule is CCN1CCC(S)(C(NC(=O)c2cccnc2)C(=O)O)CC1. The first-order valence-corrected chi connectivity index (χ1v) is 7.79. The molecular formula is C15H21N3O3S. The number of thiol groups is 1. The quantitative estimate of drug-likeness (QED) is 0.706. The van der Waals surface area contributed by atoms with Gasteiger partial charge in [-0.25, -0.2) is 4.79 Å². The van der Waals surface area contributed by atoms with Crippen molar-refractivity contribution in [2.75, 3.05) is 19.6 Å². The van der Waals surface area contributed by atoms with Crippen LogP contribution in [0.4, 0.5) is 0 Å². The van der Waals surface area contributed by atoms with Crippen LogP contribution in [0.1, 0.15) is 30.1 Å². The van der Waals surface area contributed by atoms with Crippen molar-refractivity contribution < 1.29 is 14.7 Å². The second kappa shape index (κ2) is 7.11. The highest BCUT2D eigenvalue weighted by atomic mass is 32.1. The van der Waals surface area contributed by atoms with Gasteiger partial charge in [-0.2, -0.15) is 12.6 Å². The van der Waals surface area contributed by atoms with Crippen LogP contribution >= 0.6 is 12.6 Å². The van der Waals surface area contributed by atoms with Gasteiger partial charge in [-0.05, 0) is 44.6 Å². The maximum atomic E-state index is 12.2. The summed E-state index contributed by atoms with van der Waals surface area (Å²) in [6.45, 7) is 4.58. The molecule has 0 bridgehead atoms. The molecule has 0 aromatic carbocycles. The van der Waals surface area contributed by atoms with Crippen LogP contribution in [-0.4, -0.2) is 57.3 Å². The molecule has 6 nitrogen and oxygen atoms in total. The number of aromatic nitrogens is 1. The molecule has 1 aromatic heterocycles. The number of carbonyl (C=O) groups excluding carboxylic acids is 1. The zero-order chi connectivity index (χ0) is 16.2. The molecule has 0 aliphatic carbocycles. The lowest BCUT2D eigenvalue weighted by Gasteiger charge is -2.41. The van der Waals surface area contributed by atoms with Gasteiger partial charge in [0.05, 0.1) is 5.56 Å². The predicted octanol–water partition coefficient (Wildman–Crippen LogP) is 1.05. The third kappa shape index (κ3) is 3.78. The zero-order valence-electron chi connectivity index (χ0n) is 12.5. The van der Waals surface area contributed by atoms with E-state index in [1.54, 1.807) is 18.3 Å². The van der Waals surface area contributed by atoms with Crippen molar-refractivity contribution in [3.05, 3.63) is 30.1 Å². The maximum Gasteiger partial charge on any atom is 0.327 e. The topological polar surface area (TPSA) is 82.5 Å². The normalized spacial score (nSPS) is 19.4. The molecule has 0 saturated carbocycles.